The van der Waals surface area contributed by atoms with Crippen LogP contribution in [0.2, 0.25) is 0 Å². The summed E-state index contributed by atoms with van der Waals surface area (Å²) in [5, 5.41) is 5.19. The third-order valence-corrected chi connectivity index (χ3v) is 8.12. The van der Waals surface area contributed by atoms with Crippen molar-refractivity contribution in [2.45, 2.75) is 43.2 Å². The van der Waals surface area contributed by atoms with Crippen LogP contribution in [0.5, 0.6) is 0 Å². The van der Waals surface area contributed by atoms with Crippen molar-refractivity contribution in [1.82, 2.24) is 19.2 Å². The molecular weight excluding hydrogens is 452 g/mol. The van der Waals surface area contributed by atoms with Crippen molar-refractivity contribution in [3.05, 3.63) is 22.8 Å². The van der Waals surface area contributed by atoms with Crippen LogP contribution < -0.4 is 10.2 Å². The molecule has 1 atom stereocenters. The minimum atomic E-state index is -0.860. The van der Waals surface area contributed by atoms with E-state index in [0.717, 1.165) is 42.9 Å². The Morgan fingerprint density at radius 3 is 2.75 bits per heavy atom. The van der Waals surface area contributed by atoms with Crippen molar-refractivity contribution in [2.24, 2.45) is 0 Å². The van der Waals surface area contributed by atoms with Gasteiger partial charge in [-0.25, -0.2) is 14.2 Å². The third kappa shape index (κ3) is 4.26. The van der Waals surface area contributed by atoms with Gasteiger partial charge in [-0.05, 0) is 24.4 Å². The molecule has 0 radical (unpaired) electrons. The van der Waals surface area contributed by atoms with Gasteiger partial charge >= 0.3 is 5.97 Å². The van der Waals surface area contributed by atoms with Gasteiger partial charge in [-0.2, -0.15) is 9.54 Å². The first-order valence-corrected chi connectivity index (χ1v) is 12.8. The van der Waals surface area contributed by atoms with E-state index in [-0.39, 0.29) is 24.0 Å². The van der Waals surface area contributed by atoms with Gasteiger partial charge < -0.3 is 19.9 Å². The monoisotopic (exact) mass is 477 g/mol. The van der Waals surface area contributed by atoms with E-state index in [9.17, 15) is 14.1 Å². The Bertz CT molecular complexity index is 1010. The van der Waals surface area contributed by atoms with Crippen LogP contribution in [0.3, 0.4) is 0 Å². The zero-order chi connectivity index (χ0) is 22.2. The number of fused-ring (bicyclic) bond motifs is 1. The summed E-state index contributed by atoms with van der Waals surface area (Å²) >= 11 is 0.359. The van der Waals surface area contributed by atoms with Gasteiger partial charge in [0.25, 0.3) is 4.90 Å². The fourth-order valence-electron chi connectivity index (χ4n) is 4.17. The molecule has 2 aromatic heterocycles. The molecule has 5 heterocycles. The van der Waals surface area contributed by atoms with Crippen molar-refractivity contribution in [3.63, 3.8) is 0 Å². The number of hydrogen-bond acceptors (Lipinski definition) is 10. The van der Waals surface area contributed by atoms with Crippen molar-refractivity contribution in [1.29, 1.82) is 0 Å². The van der Waals surface area contributed by atoms with E-state index in [2.05, 4.69) is 9.69 Å². The summed E-state index contributed by atoms with van der Waals surface area (Å²) < 4.78 is 20.0. The number of nitrogens with zero attached hydrogens (tertiary/aromatic N) is 5. The van der Waals surface area contributed by atoms with Crippen molar-refractivity contribution in [3.8, 4) is 0 Å². The molecule has 0 saturated carbocycles. The molecule has 0 aromatic carbocycles. The molecule has 0 bridgehead atoms. The summed E-state index contributed by atoms with van der Waals surface area (Å²) in [6, 6.07) is 0.194. The number of likely N-dealkylation sites (tertiary alicyclic amines) is 1. The summed E-state index contributed by atoms with van der Waals surface area (Å²) in [6.07, 6.45) is 3.70. The maximum absolute atomic E-state index is 12.1. The number of nitrogens with one attached hydrogen (secondary N) is 1. The lowest BCUT2D eigenvalue weighted by atomic mass is 10.1. The Morgan fingerprint density at radius 2 is 2.06 bits per heavy atom. The molecule has 2 saturated heterocycles. The van der Waals surface area contributed by atoms with E-state index in [4.69, 9.17) is 14.7 Å². The Balaban J connectivity index is 1.26. The van der Waals surface area contributed by atoms with Crippen LogP contribution in [0.15, 0.2) is 16.5 Å². The number of carbonyl (C=O) groups is 2. The van der Waals surface area contributed by atoms with Gasteiger partial charge in [0.1, 0.15) is 11.8 Å². The highest BCUT2D eigenvalue weighted by Gasteiger charge is 2.41. The molecule has 1 unspecified atom stereocenters. The topological polar surface area (TPSA) is 121 Å². The van der Waals surface area contributed by atoms with Crippen LogP contribution in [0.25, 0.3) is 0 Å². The van der Waals surface area contributed by atoms with Crippen LogP contribution in [-0.2, 0) is 27.1 Å². The van der Waals surface area contributed by atoms with Gasteiger partial charge in [0.2, 0.25) is 11.9 Å². The van der Waals surface area contributed by atoms with E-state index >= 15 is 0 Å². The molecule has 0 spiro atoms. The molecule has 5 rings (SSSR count). The number of ether oxygens (including phenoxy) is 1. The number of hydrogen-bond donors (Lipinski definition) is 2. The Labute approximate surface area is 192 Å². The molecule has 3 aliphatic rings. The average molecular weight is 478 g/mol. The van der Waals surface area contributed by atoms with Gasteiger partial charge in [-0.1, -0.05) is 0 Å². The second kappa shape index (κ2) is 8.83. The number of piperidine rings is 1. The molecule has 3 aliphatic heterocycles. The molecule has 0 aliphatic carbocycles. The normalized spacial score (nSPS) is 21.2. The van der Waals surface area contributed by atoms with Gasteiger partial charge in [-0.15, -0.1) is 0 Å². The Kier molecular flexibility index (Phi) is 5.91. The maximum atomic E-state index is 12.1. The first-order chi connectivity index (χ1) is 15.5. The number of esters is 1. The first-order valence-electron chi connectivity index (χ1n) is 10.7. The minimum absolute atomic E-state index is 0.105. The predicted octanol–water partition coefficient (Wildman–Crippen LogP) is 1.41. The highest BCUT2D eigenvalue weighted by Crippen LogP contribution is 2.34. The third-order valence-electron chi connectivity index (χ3n) is 6.05. The van der Waals surface area contributed by atoms with E-state index in [1.165, 1.54) is 17.7 Å². The number of anilines is 2. The molecule has 2 N–H and O–H groups in total. The Hall–Kier alpha value is -2.44. The van der Waals surface area contributed by atoms with Crippen molar-refractivity contribution >= 4 is 46.4 Å². The minimum Gasteiger partial charge on any atom is -0.455 e. The number of carbonyl (C=O) groups excluding carboxylic acids is 2. The summed E-state index contributed by atoms with van der Waals surface area (Å²) in [5.41, 5.74) is 1.36. The van der Waals surface area contributed by atoms with E-state index in [0.29, 0.717) is 36.2 Å². The Morgan fingerprint density at radius 1 is 1.28 bits per heavy atom. The fourth-order valence-corrected chi connectivity index (χ4v) is 6.01. The lowest BCUT2D eigenvalue weighted by molar-refractivity contribution is -0.129. The lowest BCUT2D eigenvalue weighted by Gasteiger charge is -2.38. The van der Waals surface area contributed by atoms with Gasteiger partial charge in [0, 0.05) is 37.9 Å². The number of amides is 1. The number of rotatable bonds is 5. The molecular formula is C20H25N6O4S2+. The van der Waals surface area contributed by atoms with Crippen LogP contribution in [0.1, 0.15) is 35.8 Å². The number of aryl methyl sites for hydroxylation is 1. The smallest absolute Gasteiger partial charge is 0.341 e. The van der Waals surface area contributed by atoms with E-state index in [1.807, 2.05) is 9.80 Å². The molecule has 2 aromatic rings. The van der Waals surface area contributed by atoms with E-state index < -0.39 is 11.2 Å². The highest BCUT2D eigenvalue weighted by molar-refractivity contribution is 7.92. The zero-order valence-electron chi connectivity index (χ0n) is 17.7. The second-order valence-electron chi connectivity index (χ2n) is 8.24. The van der Waals surface area contributed by atoms with Gasteiger partial charge in [0.15, 0.2) is 22.7 Å². The maximum Gasteiger partial charge on any atom is 0.341 e. The quantitative estimate of drug-likeness (QED) is 0.486. The van der Waals surface area contributed by atoms with Crippen LogP contribution in [0.4, 0.5) is 11.8 Å². The summed E-state index contributed by atoms with van der Waals surface area (Å²) in [6.45, 7) is 4.10. The van der Waals surface area contributed by atoms with Crippen LogP contribution >= 0.6 is 11.5 Å². The molecule has 32 heavy (non-hydrogen) atoms. The van der Waals surface area contributed by atoms with E-state index in [1.54, 1.807) is 12.3 Å². The summed E-state index contributed by atoms with van der Waals surface area (Å²) in [7, 11) is 0. The van der Waals surface area contributed by atoms with Gasteiger partial charge in [-0.3, -0.25) is 4.79 Å². The van der Waals surface area contributed by atoms with Gasteiger partial charge in [0.05, 0.1) is 24.8 Å². The van der Waals surface area contributed by atoms with Crippen molar-refractivity contribution in [2.75, 3.05) is 42.1 Å². The van der Waals surface area contributed by atoms with Crippen molar-refractivity contribution < 1.29 is 18.9 Å². The molecule has 170 valence electrons. The average Bonchev–Trinajstić information content (AvgIpc) is 3.41. The standard InChI is InChI=1S/C20H25N6O4S2/c1-12(27)25-5-2-14(3-6-25)22-18-17-16(4-7-32(17)29)23-20(24-18)26-9-15(10-26)30-19(28)13-8-21-31-11-13/h8,11,14-15,29H,2-7,9-10H2,1H3,(H,22,23,24)/q+1. The summed E-state index contributed by atoms with van der Waals surface area (Å²) in [4.78, 5) is 37.8. The zero-order valence-corrected chi connectivity index (χ0v) is 19.3. The predicted molar refractivity (Wildman–Crippen MR) is 121 cm³/mol. The molecule has 10 nitrogen and oxygen atoms in total. The molecule has 2 fully saturated rings. The summed E-state index contributed by atoms with van der Waals surface area (Å²) in [5.74, 6) is 1.70. The molecule has 1 amide bonds. The number of aromatic nitrogens is 3. The fraction of sp³-hybridized carbons (Fsp3) is 0.550. The highest BCUT2D eigenvalue weighted by atomic mass is 32.2. The second-order valence-corrected chi connectivity index (χ2v) is 10.4. The SMILES string of the molecule is CC(=O)N1CCC(Nc2nc(N3CC(OC(=O)c4cnsc4)C3)nc3c2[S+](O)CC3)CC1. The lowest BCUT2D eigenvalue weighted by Crippen LogP contribution is -2.53. The molecule has 12 heteroatoms. The first kappa shape index (κ1) is 21.4. The van der Waals surface area contributed by atoms with Crippen LogP contribution in [0, 0.1) is 0 Å². The van der Waals surface area contributed by atoms with Crippen LogP contribution in [-0.4, -0.2) is 79.7 Å². The largest absolute Gasteiger partial charge is 0.455 e.